The minimum absolute atomic E-state index is 0.136. The molecule has 0 aliphatic heterocycles. The second kappa shape index (κ2) is 11.2. The molecule has 3 aromatic carbocycles. The number of hydrogen-bond acceptors (Lipinski definition) is 4. The highest BCUT2D eigenvalue weighted by atomic mass is 16.5. The standard InChI is InChI=1S/C29H32O5/c1-3-32-14-15-33-26-16-20(2)29-24(18-26)10-9-23-8-4-22(17-27(23)29)19-34-25-11-5-21(6-12-25)7-13-28(30)31/h4-6,8,11-12,16-18H,3,7,9-10,13-15,19H2,1-2H3,(H,30,31). The molecule has 0 saturated carbocycles. The Kier molecular flexibility index (Phi) is 7.86. The molecule has 0 amide bonds. The molecule has 1 N–H and O–H groups in total. The average Bonchev–Trinajstić information content (AvgIpc) is 2.84. The number of hydrogen-bond donors (Lipinski definition) is 1. The van der Waals surface area contributed by atoms with E-state index in [2.05, 4.69) is 37.3 Å². The third-order valence-electron chi connectivity index (χ3n) is 6.15. The Balaban J connectivity index is 1.45. The van der Waals surface area contributed by atoms with Crippen LogP contribution in [-0.4, -0.2) is 30.9 Å². The van der Waals surface area contributed by atoms with Gasteiger partial charge in [0.05, 0.1) is 6.61 Å². The lowest BCUT2D eigenvalue weighted by molar-refractivity contribution is -0.136. The smallest absolute Gasteiger partial charge is 0.303 e. The van der Waals surface area contributed by atoms with Crippen LogP contribution in [0.2, 0.25) is 0 Å². The molecule has 0 aromatic heterocycles. The summed E-state index contributed by atoms with van der Waals surface area (Å²) in [6.07, 6.45) is 2.69. The molecule has 5 nitrogen and oxygen atoms in total. The number of carboxylic acid groups (broad SMARTS) is 1. The highest BCUT2D eigenvalue weighted by Gasteiger charge is 2.20. The van der Waals surface area contributed by atoms with Crippen LogP contribution in [0.1, 0.15) is 41.2 Å². The Morgan fingerprint density at radius 1 is 0.882 bits per heavy atom. The van der Waals surface area contributed by atoms with Crippen LogP contribution in [-0.2, 0) is 35.4 Å². The number of ether oxygens (including phenoxy) is 3. The first kappa shape index (κ1) is 23.8. The largest absolute Gasteiger partial charge is 0.491 e. The lowest BCUT2D eigenvalue weighted by atomic mass is 9.82. The van der Waals surface area contributed by atoms with Crippen LogP contribution in [0.5, 0.6) is 11.5 Å². The third kappa shape index (κ3) is 5.97. The maximum atomic E-state index is 10.7. The molecule has 0 saturated heterocycles. The summed E-state index contributed by atoms with van der Waals surface area (Å²) >= 11 is 0. The molecular weight excluding hydrogens is 428 g/mol. The van der Waals surface area contributed by atoms with Gasteiger partial charge in [0.15, 0.2) is 0 Å². The predicted molar refractivity (Wildman–Crippen MR) is 133 cm³/mol. The summed E-state index contributed by atoms with van der Waals surface area (Å²) < 4.78 is 17.3. The molecule has 0 unspecified atom stereocenters. The van der Waals surface area contributed by atoms with Gasteiger partial charge in [0.2, 0.25) is 0 Å². The van der Waals surface area contributed by atoms with Crippen molar-refractivity contribution in [2.45, 2.75) is 46.1 Å². The lowest BCUT2D eigenvalue weighted by Crippen LogP contribution is -2.09. The number of carbonyl (C=O) groups is 1. The molecule has 0 radical (unpaired) electrons. The molecule has 5 heteroatoms. The third-order valence-corrected chi connectivity index (χ3v) is 6.15. The number of rotatable bonds is 11. The fourth-order valence-electron chi connectivity index (χ4n) is 4.46. The quantitative estimate of drug-likeness (QED) is 0.368. The van der Waals surface area contributed by atoms with Crippen molar-refractivity contribution >= 4 is 5.97 Å². The maximum Gasteiger partial charge on any atom is 0.303 e. The second-order valence-electron chi connectivity index (χ2n) is 8.64. The second-order valence-corrected chi connectivity index (χ2v) is 8.64. The van der Waals surface area contributed by atoms with E-state index in [1.165, 1.54) is 27.8 Å². The predicted octanol–water partition coefficient (Wildman–Crippen LogP) is 5.77. The summed E-state index contributed by atoms with van der Waals surface area (Å²) in [5, 5.41) is 8.83. The van der Waals surface area contributed by atoms with Crippen LogP contribution in [0, 0.1) is 6.92 Å². The van der Waals surface area contributed by atoms with Crippen molar-refractivity contribution in [3.8, 4) is 22.6 Å². The van der Waals surface area contributed by atoms with Crippen molar-refractivity contribution in [3.05, 3.63) is 82.4 Å². The van der Waals surface area contributed by atoms with Crippen molar-refractivity contribution in [2.24, 2.45) is 0 Å². The molecule has 0 atom stereocenters. The average molecular weight is 461 g/mol. The highest BCUT2D eigenvalue weighted by Crippen LogP contribution is 2.39. The fourth-order valence-corrected chi connectivity index (χ4v) is 4.46. The van der Waals surface area contributed by atoms with Gasteiger partial charge in [0.25, 0.3) is 0 Å². The zero-order chi connectivity index (χ0) is 23.9. The van der Waals surface area contributed by atoms with E-state index in [1.54, 1.807) is 0 Å². The van der Waals surface area contributed by atoms with Crippen LogP contribution in [0.25, 0.3) is 11.1 Å². The Bertz CT molecular complexity index is 1130. The molecule has 34 heavy (non-hydrogen) atoms. The summed E-state index contributed by atoms with van der Waals surface area (Å²) in [6.45, 7) is 6.48. The first-order chi connectivity index (χ1) is 16.5. The van der Waals surface area contributed by atoms with Gasteiger partial charge in [-0.25, -0.2) is 0 Å². The number of carboxylic acids is 1. The van der Waals surface area contributed by atoms with Crippen molar-refractivity contribution in [1.29, 1.82) is 0 Å². The first-order valence-corrected chi connectivity index (χ1v) is 11.9. The maximum absolute atomic E-state index is 10.7. The van der Waals surface area contributed by atoms with Crippen LogP contribution < -0.4 is 9.47 Å². The van der Waals surface area contributed by atoms with Crippen LogP contribution in [0.3, 0.4) is 0 Å². The Hall–Kier alpha value is -3.31. The van der Waals surface area contributed by atoms with Gasteiger partial charge in [0.1, 0.15) is 24.7 Å². The first-order valence-electron chi connectivity index (χ1n) is 11.9. The number of aryl methyl sites for hydroxylation is 4. The number of fused-ring (bicyclic) bond motifs is 3. The molecule has 0 spiro atoms. The van der Waals surface area contributed by atoms with Crippen LogP contribution in [0.4, 0.5) is 0 Å². The zero-order valence-corrected chi connectivity index (χ0v) is 19.9. The summed E-state index contributed by atoms with van der Waals surface area (Å²) in [7, 11) is 0. The zero-order valence-electron chi connectivity index (χ0n) is 19.9. The van der Waals surface area contributed by atoms with Crippen LogP contribution in [0.15, 0.2) is 54.6 Å². The Morgan fingerprint density at radius 3 is 2.41 bits per heavy atom. The van der Waals surface area contributed by atoms with Crippen LogP contribution >= 0.6 is 0 Å². The van der Waals surface area contributed by atoms with E-state index < -0.39 is 5.97 Å². The monoisotopic (exact) mass is 460 g/mol. The van der Waals surface area contributed by atoms with E-state index in [1.807, 2.05) is 31.2 Å². The van der Waals surface area contributed by atoms with Gasteiger partial charge in [-0.15, -0.1) is 0 Å². The minimum atomic E-state index is -0.783. The van der Waals surface area contributed by atoms with Crippen molar-refractivity contribution in [3.63, 3.8) is 0 Å². The van der Waals surface area contributed by atoms with E-state index in [-0.39, 0.29) is 6.42 Å². The van der Waals surface area contributed by atoms with Gasteiger partial charge in [-0.2, -0.15) is 0 Å². The fraction of sp³-hybridized carbons (Fsp3) is 0.345. The van der Waals surface area contributed by atoms with Gasteiger partial charge < -0.3 is 19.3 Å². The Labute approximate surface area is 201 Å². The van der Waals surface area contributed by atoms with E-state index in [9.17, 15) is 4.79 Å². The summed E-state index contributed by atoms with van der Waals surface area (Å²) in [5.41, 5.74) is 8.63. The minimum Gasteiger partial charge on any atom is -0.491 e. The Morgan fingerprint density at radius 2 is 1.65 bits per heavy atom. The van der Waals surface area contributed by atoms with E-state index in [4.69, 9.17) is 19.3 Å². The van der Waals surface area contributed by atoms with Gasteiger partial charge in [-0.3, -0.25) is 4.79 Å². The van der Waals surface area contributed by atoms with Gasteiger partial charge >= 0.3 is 5.97 Å². The lowest BCUT2D eigenvalue weighted by Gasteiger charge is -2.24. The molecule has 3 aromatic rings. The summed E-state index contributed by atoms with van der Waals surface area (Å²) in [6, 6.07) is 18.6. The highest BCUT2D eigenvalue weighted by molar-refractivity contribution is 5.77. The van der Waals surface area contributed by atoms with Crippen molar-refractivity contribution in [2.75, 3.05) is 19.8 Å². The van der Waals surface area contributed by atoms with Gasteiger partial charge in [-0.05, 0) is 102 Å². The molecule has 1 aliphatic carbocycles. The topological polar surface area (TPSA) is 65.0 Å². The molecule has 1 aliphatic rings. The molecule has 178 valence electrons. The van der Waals surface area contributed by atoms with E-state index in [0.717, 1.165) is 35.5 Å². The summed E-state index contributed by atoms with van der Waals surface area (Å²) in [4.78, 5) is 10.7. The number of aliphatic carboxylic acids is 1. The van der Waals surface area contributed by atoms with E-state index >= 15 is 0 Å². The van der Waals surface area contributed by atoms with E-state index in [0.29, 0.717) is 32.8 Å². The van der Waals surface area contributed by atoms with Crippen molar-refractivity contribution < 1.29 is 24.1 Å². The summed E-state index contributed by atoms with van der Waals surface area (Å²) in [5.74, 6) is 0.905. The molecule has 4 rings (SSSR count). The normalized spacial score (nSPS) is 12.1. The molecule has 0 bridgehead atoms. The van der Waals surface area contributed by atoms with Gasteiger partial charge in [0, 0.05) is 13.0 Å². The molecule has 0 fully saturated rings. The SMILES string of the molecule is CCOCCOc1cc(C)c2c(c1)CCc1ccc(COc3ccc(CCC(=O)O)cc3)cc1-2. The van der Waals surface area contributed by atoms with Crippen molar-refractivity contribution in [1.82, 2.24) is 0 Å². The molecule has 0 heterocycles. The number of benzene rings is 3. The van der Waals surface area contributed by atoms with Gasteiger partial charge in [-0.1, -0.05) is 24.3 Å². The molecular formula is C29H32O5.